The van der Waals surface area contributed by atoms with Crippen LogP contribution in [0.1, 0.15) is 20.7 Å². The Kier molecular flexibility index (Phi) is 4.85. The quantitative estimate of drug-likeness (QED) is 0.255. The van der Waals surface area contributed by atoms with Crippen LogP contribution >= 0.6 is 0 Å². The van der Waals surface area contributed by atoms with Crippen molar-refractivity contribution in [1.29, 1.82) is 0 Å². The Morgan fingerprint density at radius 2 is 1.57 bits per heavy atom. The summed E-state index contributed by atoms with van der Waals surface area (Å²) in [7, 11) is -3.24. The fraction of sp³-hybridized carbons (Fsp3) is 0.130. The molecule has 4 aromatic rings. The van der Waals surface area contributed by atoms with Gasteiger partial charge in [0.2, 0.25) is 0 Å². The molecule has 0 saturated carbocycles. The lowest BCUT2D eigenvalue weighted by atomic mass is 9.93. The maximum absolute atomic E-state index is 12.9. The van der Waals surface area contributed by atoms with Crippen molar-refractivity contribution in [2.45, 2.75) is 5.51 Å². The van der Waals surface area contributed by atoms with Crippen LogP contribution in [0.25, 0.3) is 32.9 Å². The summed E-state index contributed by atoms with van der Waals surface area (Å²) in [6.45, 7) is 0. The van der Waals surface area contributed by atoms with Gasteiger partial charge in [-0.2, -0.15) is 21.6 Å². The van der Waals surface area contributed by atoms with E-state index in [0.717, 1.165) is 13.2 Å². The van der Waals surface area contributed by atoms with Crippen LogP contribution in [0.5, 0.6) is 11.5 Å². The van der Waals surface area contributed by atoms with E-state index >= 15 is 0 Å². The Hall–Kier alpha value is -4.06. The summed E-state index contributed by atoms with van der Waals surface area (Å²) in [5.74, 6) is -2.18. The fourth-order valence-corrected chi connectivity index (χ4v) is 4.75. The summed E-state index contributed by atoms with van der Waals surface area (Å²) in [6.07, 6.45) is 0. The highest BCUT2D eigenvalue weighted by Gasteiger charge is 2.49. The van der Waals surface area contributed by atoms with Crippen molar-refractivity contribution in [1.82, 2.24) is 9.88 Å². The number of benzene rings is 3. The van der Waals surface area contributed by atoms with Gasteiger partial charge in [0, 0.05) is 23.9 Å². The molecule has 2 heterocycles. The van der Waals surface area contributed by atoms with E-state index in [-0.39, 0.29) is 22.4 Å². The number of rotatable bonds is 4. The molecular weight excluding hydrogens is 489 g/mol. The number of fused-ring (bicyclic) bond motifs is 5. The van der Waals surface area contributed by atoms with Gasteiger partial charge in [-0.1, -0.05) is 30.3 Å². The molecule has 1 aliphatic heterocycles. The van der Waals surface area contributed by atoms with Gasteiger partial charge in [-0.3, -0.25) is 14.9 Å². The Balaban J connectivity index is 1.86. The molecule has 1 aromatic heterocycles. The molecule has 35 heavy (non-hydrogen) atoms. The molecule has 1 N–H and O–H groups in total. The van der Waals surface area contributed by atoms with Gasteiger partial charge in [0.25, 0.3) is 11.8 Å². The molecule has 180 valence electrons. The minimum absolute atomic E-state index is 0.107. The van der Waals surface area contributed by atoms with Crippen molar-refractivity contribution < 1.29 is 40.1 Å². The number of hydrogen-bond donors (Lipinski definition) is 1. The Bertz CT molecular complexity index is 1680. The first kappa shape index (κ1) is 22.7. The zero-order valence-corrected chi connectivity index (χ0v) is 18.9. The topological polar surface area (TPSA) is 104 Å². The van der Waals surface area contributed by atoms with E-state index in [0.29, 0.717) is 27.4 Å². The van der Waals surface area contributed by atoms with Gasteiger partial charge >= 0.3 is 15.6 Å². The number of aromatic nitrogens is 1. The number of halogens is 3. The second kappa shape index (κ2) is 7.47. The number of carbonyl (C=O) groups excluding carboxylic acids is 2. The number of amides is 2. The van der Waals surface area contributed by atoms with Gasteiger partial charge in [0.15, 0.2) is 11.5 Å². The van der Waals surface area contributed by atoms with Crippen LogP contribution in [0, 0.1) is 0 Å². The third-order valence-corrected chi connectivity index (χ3v) is 6.80. The second-order valence-corrected chi connectivity index (χ2v) is 9.32. The summed E-state index contributed by atoms with van der Waals surface area (Å²) in [5, 5.41) is 3.02. The zero-order valence-electron chi connectivity index (χ0n) is 18.1. The van der Waals surface area contributed by atoms with Gasteiger partial charge in [0.1, 0.15) is 0 Å². The highest BCUT2D eigenvalue weighted by molar-refractivity contribution is 7.88. The third-order valence-electron chi connectivity index (χ3n) is 5.83. The molecule has 0 atom stereocenters. The van der Waals surface area contributed by atoms with E-state index in [1.807, 2.05) is 0 Å². The van der Waals surface area contributed by atoms with Gasteiger partial charge in [-0.15, -0.1) is 0 Å². The summed E-state index contributed by atoms with van der Waals surface area (Å²) in [5.41, 5.74) is -3.46. The lowest BCUT2D eigenvalue weighted by Crippen LogP contribution is -2.28. The predicted molar refractivity (Wildman–Crippen MR) is 120 cm³/mol. The summed E-state index contributed by atoms with van der Waals surface area (Å²) < 4.78 is 73.0. The molecule has 3 aromatic carbocycles. The first-order valence-electron chi connectivity index (χ1n) is 10.0. The van der Waals surface area contributed by atoms with Crippen LogP contribution in [0.4, 0.5) is 13.2 Å². The van der Waals surface area contributed by atoms with Crippen LogP contribution in [-0.2, 0) is 17.2 Å². The predicted octanol–water partition coefficient (Wildman–Crippen LogP) is 4.12. The number of imide groups is 1. The van der Waals surface area contributed by atoms with Crippen LogP contribution in [0.15, 0.2) is 48.5 Å². The molecule has 5 rings (SSSR count). The normalized spacial score (nSPS) is 13.9. The molecule has 0 saturated heterocycles. The average molecular weight is 504 g/mol. The molecule has 12 heteroatoms. The van der Waals surface area contributed by atoms with Crippen molar-refractivity contribution in [2.24, 2.45) is 7.05 Å². The zero-order chi connectivity index (χ0) is 25.3. The number of alkyl halides is 3. The maximum atomic E-state index is 12.9. The fourth-order valence-electron chi connectivity index (χ4n) is 4.29. The number of hydrogen-bond acceptors (Lipinski definition) is 6. The van der Waals surface area contributed by atoms with Crippen LogP contribution in [-0.4, -0.2) is 37.4 Å². The monoisotopic (exact) mass is 504 g/mol. The number of nitrogens with zero attached hydrogens (tertiary/aromatic N) is 1. The van der Waals surface area contributed by atoms with Crippen molar-refractivity contribution in [2.75, 3.05) is 7.11 Å². The van der Waals surface area contributed by atoms with E-state index in [9.17, 15) is 31.2 Å². The lowest BCUT2D eigenvalue weighted by Gasteiger charge is -2.13. The SMILES string of the molecule is COc1cc2c3c4c(c(-c5ccccc5)cc3n(C)c2cc1OS(=O)(=O)C(F)(F)F)C(=O)NC4=O. The molecule has 0 spiro atoms. The van der Waals surface area contributed by atoms with Crippen LogP contribution in [0.2, 0.25) is 0 Å². The van der Waals surface area contributed by atoms with Gasteiger partial charge in [-0.25, -0.2) is 0 Å². The largest absolute Gasteiger partial charge is 0.534 e. The summed E-state index contributed by atoms with van der Waals surface area (Å²) in [6, 6.07) is 13.0. The highest BCUT2D eigenvalue weighted by atomic mass is 32.2. The molecule has 2 amide bonds. The lowest BCUT2D eigenvalue weighted by molar-refractivity contribution is -0.0500. The Labute approximate surface area is 196 Å². The van der Waals surface area contributed by atoms with E-state index in [1.54, 1.807) is 48.0 Å². The van der Waals surface area contributed by atoms with Crippen molar-refractivity contribution in [3.63, 3.8) is 0 Å². The van der Waals surface area contributed by atoms with Gasteiger partial charge in [-0.05, 0) is 23.3 Å². The molecule has 0 unspecified atom stereocenters. The number of carbonyl (C=O) groups is 2. The number of aryl methyl sites for hydroxylation is 1. The molecule has 0 fully saturated rings. The number of methoxy groups -OCH3 is 1. The average Bonchev–Trinajstić information content (AvgIpc) is 3.25. The second-order valence-electron chi connectivity index (χ2n) is 7.78. The van der Waals surface area contributed by atoms with E-state index in [2.05, 4.69) is 9.50 Å². The molecule has 0 radical (unpaired) electrons. The van der Waals surface area contributed by atoms with Crippen molar-refractivity contribution in [3.8, 4) is 22.6 Å². The minimum atomic E-state index is -5.96. The molecule has 8 nitrogen and oxygen atoms in total. The molecule has 1 aliphatic rings. The molecular formula is C23H15F3N2O6S. The smallest absolute Gasteiger partial charge is 0.493 e. The van der Waals surface area contributed by atoms with Gasteiger partial charge < -0.3 is 13.5 Å². The van der Waals surface area contributed by atoms with E-state index < -0.39 is 33.2 Å². The van der Waals surface area contributed by atoms with Crippen LogP contribution in [0.3, 0.4) is 0 Å². The van der Waals surface area contributed by atoms with E-state index in [4.69, 9.17) is 4.74 Å². The minimum Gasteiger partial charge on any atom is -0.493 e. The molecule has 0 aliphatic carbocycles. The molecule has 0 bridgehead atoms. The highest BCUT2D eigenvalue weighted by Crippen LogP contribution is 2.44. The number of ether oxygens (including phenoxy) is 1. The van der Waals surface area contributed by atoms with Gasteiger partial charge in [0.05, 0.1) is 29.3 Å². The Morgan fingerprint density at radius 3 is 2.20 bits per heavy atom. The summed E-state index contributed by atoms with van der Waals surface area (Å²) in [4.78, 5) is 25.6. The van der Waals surface area contributed by atoms with Crippen molar-refractivity contribution in [3.05, 3.63) is 59.7 Å². The first-order chi connectivity index (χ1) is 16.4. The standard InChI is InChI=1S/C23H15F3N2O6S/c1-28-14-10-17(34-35(31,32)23(24,25)26)16(33-2)9-13(14)18-15(28)8-12(11-6-4-3-5-7-11)19-20(18)22(30)27-21(19)29/h3-10H,1-2H3,(H,27,29,30). The number of nitrogens with one attached hydrogen (secondary N) is 1. The maximum Gasteiger partial charge on any atom is 0.534 e. The van der Waals surface area contributed by atoms with E-state index in [1.165, 1.54) is 6.07 Å². The van der Waals surface area contributed by atoms with Crippen LogP contribution < -0.4 is 14.2 Å². The first-order valence-corrected chi connectivity index (χ1v) is 11.4. The third kappa shape index (κ3) is 3.32. The summed E-state index contributed by atoms with van der Waals surface area (Å²) >= 11 is 0. The van der Waals surface area contributed by atoms with Crippen molar-refractivity contribution >= 4 is 43.7 Å². The Morgan fingerprint density at radius 1 is 0.914 bits per heavy atom.